The van der Waals surface area contributed by atoms with E-state index < -0.39 is 0 Å². The molecule has 0 aromatic heterocycles. The molecule has 2 rings (SSSR count). The average molecular weight is 318 g/mol. The van der Waals surface area contributed by atoms with Gasteiger partial charge >= 0.3 is 0 Å². The van der Waals surface area contributed by atoms with E-state index in [4.69, 9.17) is 9.47 Å². The third-order valence-electron chi connectivity index (χ3n) is 2.76. The monoisotopic (exact) mass is 317 g/mol. The summed E-state index contributed by atoms with van der Waals surface area (Å²) >= 11 is 3.12. The van der Waals surface area contributed by atoms with E-state index in [1.165, 1.54) is 18.9 Å². The van der Waals surface area contributed by atoms with Gasteiger partial charge in [0.05, 0.1) is 11.1 Å². The summed E-state index contributed by atoms with van der Waals surface area (Å²) in [7, 11) is 1.63. The fraction of sp³-hybridized carbons (Fsp3) is 0.538. The Hall–Kier alpha value is -0.650. The number of rotatable bonds is 7. The van der Waals surface area contributed by atoms with Crippen LogP contribution in [0.25, 0.3) is 0 Å². The molecule has 0 heterocycles. The van der Waals surface area contributed by atoms with Crippen LogP contribution in [0.4, 0.5) is 4.39 Å². The van der Waals surface area contributed by atoms with Gasteiger partial charge in [0.1, 0.15) is 17.7 Å². The lowest BCUT2D eigenvalue weighted by Gasteiger charge is -2.19. The Bertz CT molecular complexity index is 399. The van der Waals surface area contributed by atoms with Crippen LogP contribution in [0.3, 0.4) is 0 Å². The highest BCUT2D eigenvalue weighted by molar-refractivity contribution is 9.10. The van der Waals surface area contributed by atoms with Gasteiger partial charge in [-0.1, -0.05) is 0 Å². The van der Waals surface area contributed by atoms with Crippen molar-refractivity contribution in [1.29, 1.82) is 0 Å². The second kappa shape index (κ2) is 6.50. The van der Waals surface area contributed by atoms with Crippen LogP contribution in [-0.2, 0) is 4.74 Å². The van der Waals surface area contributed by atoms with Crippen LogP contribution in [0, 0.1) is 5.82 Å². The van der Waals surface area contributed by atoms with E-state index in [9.17, 15) is 4.39 Å². The first-order valence-corrected chi connectivity index (χ1v) is 6.82. The number of nitrogens with one attached hydrogen (secondary N) is 1. The van der Waals surface area contributed by atoms with E-state index in [1.54, 1.807) is 19.2 Å². The van der Waals surface area contributed by atoms with E-state index in [1.807, 2.05) is 0 Å². The molecule has 3 nitrogen and oxygen atoms in total. The zero-order valence-electron chi connectivity index (χ0n) is 10.3. The maximum absolute atomic E-state index is 13.4. The third-order valence-corrected chi connectivity index (χ3v) is 3.40. The topological polar surface area (TPSA) is 30.5 Å². The standard InChI is InChI=1S/C13H17BrFNO2/c1-17-8-11(7-16-9-2-3-9)18-10-4-5-12(14)13(15)6-10/h4-6,9,11,16H,2-3,7-8H2,1H3. The van der Waals surface area contributed by atoms with Gasteiger partial charge in [-0.2, -0.15) is 0 Å². The zero-order valence-corrected chi connectivity index (χ0v) is 11.9. The van der Waals surface area contributed by atoms with Gasteiger partial charge in [-0.05, 0) is 40.9 Å². The maximum Gasteiger partial charge on any atom is 0.141 e. The number of hydrogen-bond donors (Lipinski definition) is 1. The number of methoxy groups -OCH3 is 1. The van der Waals surface area contributed by atoms with E-state index >= 15 is 0 Å². The minimum absolute atomic E-state index is 0.101. The highest BCUT2D eigenvalue weighted by atomic mass is 79.9. The molecule has 1 aromatic rings. The van der Waals surface area contributed by atoms with Crippen molar-refractivity contribution in [3.63, 3.8) is 0 Å². The van der Waals surface area contributed by atoms with Crippen LogP contribution in [0.15, 0.2) is 22.7 Å². The highest BCUT2D eigenvalue weighted by Crippen LogP contribution is 2.22. The molecule has 1 aromatic carbocycles. The Balaban J connectivity index is 1.90. The van der Waals surface area contributed by atoms with Crippen LogP contribution < -0.4 is 10.1 Å². The molecular formula is C13H17BrFNO2. The normalized spacial score (nSPS) is 16.6. The molecule has 0 bridgehead atoms. The van der Waals surface area contributed by atoms with Crippen molar-refractivity contribution in [2.45, 2.75) is 25.0 Å². The summed E-state index contributed by atoms with van der Waals surface area (Å²) in [5.74, 6) is 0.203. The molecule has 5 heteroatoms. The first-order valence-electron chi connectivity index (χ1n) is 6.03. The molecule has 1 aliphatic carbocycles. The molecule has 0 radical (unpaired) electrons. The Labute approximate surface area is 115 Å². The number of hydrogen-bond acceptors (Lipinski definition) is 3. The minimum atomic E-state index is -0.321. The molecule has 0 saturated heterocycles. The third kappa shape index (κ3) is 4.23. The Morgan fingerprint density at radius 3 is 2.89 bits per heavy atom. The molecule has 0 spiro atoms. The summed E-state index contributed by atoms with van der Waals surface area (Å²) < 4.78 is 24.6. The smallest absolute Gasteiger partial charge is 0.141 e. The Kier molecular flexibility index (Phi) is 4.97. The number of benzene rings is 1. The van der Waals surface area contributed by atoms with Gasteiger partial charge in [0.2, 0.25) is 0 Å². The van der Waals surface area contributed by atoms with Gasteiger partial charge in [-0.3, -0.25) is 0 Å². The van der Waals surface area contributed by atoms with Gasteiger partial charge in [-0.25, -0.2) is 4.39 Å². The van der Waals surface area contributed by atoms with E-state index in [0.717, 1.165) is 6.54 Å². The fourth-order valence-corrected chi connectivity index (χ4v) is 1.90. The van der Waals surface area contributed by atoms with Crippen molar-refractivity contribution in [1.82, 2.24) is 5.32 Å². The molecule has 1 unspecified atom stereocenters. The summed E-state index contributed by atoms with van der Waals surface area (Å²) in [5, 5.41) is 3.38. The molecular weight excluding hydrogens is 301 g/mol. The largest absolute Gasteiger partial charge is 0.487 e. The average Bonchev–Trinajstić information content (AvgIpc) is 3.15. The molecule has 1 aliphatic rings. The molecule has 1 saturated carbocycles. The predicted octanol–water partition coefficient (Wildman–Crippen LogP) is 2.73. The summed E-state index contributed by atoms with van der Waals surface area (Å²) in [4.78, 5) is 0. The lowest BCUT2D eigenvalue weighted by Crippen LogP contribution is -2.35. The summed E-state index contributed by atoms with van der Waals surface area (Å²) in [6, 6.07) is 5.38. The zero-order chi connectivity index (χ0) is 13.0. The van der Waals surface area contributed by atoms with Crippen molar-refractivity contribution >= 4 is 15.9 Å². The number of ether oxygens (including phenoxy) is 2. The fourth-order valence-electron chi connectivity index (χ4n) is 1.65. The van der Waals surface area contributed by atoms with Gasteiger partial charge in [0, 0.05) is 25.8 Å². The van der Waals surface area contributed by atoms with Gasteiger partial charge in [0.15, 0.2) is 0 Å². The molecule has 0 amide bonds. The van der Waals surface area contributed by atoms with Gasteiger partial charge in [-0.15, -0.1) is 0 Å². The second-order valence-corrected chi connectivity index (χ2v) is 5.31. The summed E-state index contributed by atoms with van der Waals surface area (Å²) in [6.45, 7) is 1.20. The van der Waals surface area contributed by atoms with E-state index in [0.29, 0.717) is 22.9 Å². The van der Waals surface area contributed by atoms with E-state index in [-0.39, 0.29) is 11.9 Å². The van der Waals surface area contributed by atoms with Crippen LogP contribution in [0.2, 0.25) is 0 Å². The van der Waals surface area contributed by atoms with Crippen LogP contribution >= 0.6 is 15.9 Å². The molecule has 1 N–H and O–H groups in total. The van der Waals surface area contributed by atoms with Gasteiger partial charge < -0.3 is 14.8 Å². The van der Waals surface area contributed by atoms with Crippen molar-refractivity contribution in [2.24, 2.45) is 0 Å². The molecule has 100 valence electrons. The Morgan fingerprint density at radius 2 is 2.28 bits per heavy atom. The summed E-state index contributed by atoms with van der Waals surface area (Å²) in [6.07, 6.45) is 2.36. The van der Waals surface area contributed by atoms with Gasteiger partial charge in [0.25, 0.3) is 0 Å². The maximum atomic E-state index is 13.4. The molecule has 0 aliphatic heterocycles. The predicted molar refractivity (Wildman–Crippen MR) is 71.4 cm³/mol. The van der Waals surface area contributed by atoms with E-state index in [2.05, 4.69) is 21.2 Å². The first kappa shape index (κ1) is 13.8. The number of halogens is 2. The molecule has 1 atom stereocenters. The van der Waals surface area contributed by atoms with Crippen molar-refractivity contribution in [3.05, 3.63) is 28.5 Å². The molecule has 1 fully saturated rings. The summed E-state index contributed by atoms with van der Waals surface area (Å²) in [5.41, 5.74) is 0. The lowest BCUT2D eigenvalue weighted by atomic mass is 10.3. The van der Waals surface area contributed by atoms with Crippen molar-refractivity contribution < 1.29 is 13.9 Å². The minimum Gasteiger partial charge on any atom is -0.487 e. The second-order valence-electron chi connectivity index (χ2n) is 4.45. The molecule has 18 heavy (non-hydrogen) atoms. The first-order chi connectivity index (χ1) is 8.69. The van der Waals surface area contributed by atoms with Crippen LogP contribution in [-0.4, -0.2) is 32.4 Å². The SMILES string of the molecule is COCC(CNC1CC1)Oc1ccc(Br)c(F)c1. The quantitative estimate of drug-likeness (QED) is 0.838. The lowest BCUT2D eigenvalue weighted by molar-refractivity contribution is 0.0801. The Morgan fingerprint density at radius 1 is 1.50 bits per heavy atom. The van der Waals surface area contributed by atoms with Crippen LogP contribution in [0.5, 0.6) is 5.75 Å². The van der Waals surface area contributed by atoms with Crippen molar-refractivity contribution in [2.75, 3.05) is 20.3 Å². The highest BCUT2D eigenvalue weighted by Gasteiger charge is 2.22. The van der Waals surface area contributed by atoms with Crippen molar-refractivity contribution in [3.8, 4) is 5.75 Å². The van der Waals surface area contributed by atoms with Crippen LogP contribution in [0.1, 0.15) is 12.8 Å².